The van der Waals surface area contributed by atoms with Gasteiger partial charge in [0.25, 0.3) is 6.71 Å². The summed E-state index contributed by atoms with van der Waals surface area (Å²) in [5, 5.41) is 0. The molecule has 0 spiro atoms. The van der Waals surface area contributed by atoms with Crippen molar-refractivity contribution in [2.75, 3.05) is 14.7 Å². The molecule has 7 aromatic carbocycles. The Bertz CT molecular complexity index is 3300. The van der Waals surface area contributed by atoms with Gasteiger partial charge >= 0.3 is 0 Å². The third-order valence-corrected chi connectivity index (χ3v) is 17.8. The summed E-state index contributed by atoms with van der Waals surface area (Å²) in [6.07, 6.45) is 4.88. The predicted octanol–water partition coefficient (Wildman–Crippen LogP) is 17.0. The second-order valence-electron chi connectivity index (χ2n) is 26.8. The van der Waals surface area contributed by atoms with Crippen molar-refractivity contribution in [2.24, 2.45) is 0 Å². The third kappa shape index (κ3) is 7.42. The SMILES string of the molecule is Cc1cc(C)c2c(c1)C1(C)CCCCC1(C)N2c1ccc2c(c1)N(c1ccc(C(C)(C)C)cc1)c1cc(C(C)(C)C)cc3c1B2c1cc(C(C)(C)C)ccc1N3c1ccc(C(C)(C)C)cc1-c1ccccc1. The van der Waals surface area contributed by atoms with Gasteiger partial charge in [0, 0.05) is 50.8 Å². The molecular formula is C68H78BN3. The molecule has 4 aliphatic rings. The second kappa shape index (κ2) is 16.3. The van der Waals surface area contributed by atoms with Gasteiger partial charge in [0.05, 0.1) is 11.2 Å². The lowest BCUT2D eigenvalue weighted by molar-refractivity contribution is 0.195. The summed E-state index contributed by atoms with van der Waals surface area (Å²) in [5.41, 5.74) is 26.1. The van der Waals surface area contributed by atoms with Crippen molar-refractivity contribution in [2.45, 2.75) is 169 Å². The third-order valence-electron chi connectivity index (χ3n) is 17.8. The van der Waals surface area contributed by atoms with Crippen LogP contribution in [0.15, 0.2) is 133 Å². The van der Waals surface area contributed by atoms with Crippen molar-refractivity contribution in [3.8, 4) is 11.1 Å². The van der Waals surface area contributed by atoms with Gasteiger partial charge in [-0.05, 0) is 165 Å². The number of benzene rings is 7. The lowest BCUT2D eigenvalue weighted by atomic mass is 9.33. The highest BCUT2D eigenvalue weighted by atomic mass is 15.3. The monoisotopic (exact) mass is 948 g/mol. The zero-order valence-electron chi connectivity index (χ0n) is 46.4. The van der Waals surface area contributed by atoms with Crippen molar-refractivity contribution in [1.29, 1.82) is 0 Å². The van der Waals surface area contributed by atoms with Gasteiger partial charge in [-0.2, -0.15) is 0 Å². The van der Waals surface area contributed by atoms with Gasteiger partial charge < -0.3 is 14.7 Å². The summed E-state index contributed by atoms with van der Waals surface area (Å²) in [5.74, 6) is 0. The fourth-order valence-electron chi connectivity index (χ4n) is 13.3. The maximum absolute atomic E-state index is 2.81. The molecule has 0 saturated heterocycles. The van der Waals surface area contributed by atoms with E-state index >= 15 is 0 Å². The van der Waals surface area contributed by atoms with Crippen molar-refractivity contribution in [1.82, 2.24) is 0 Å². The minimum absolute atomic E-state index is 0.00785. The van der Waals surface area contributed by atoms with Crippen LogP contribution in [0, 0.1) is 13.8 Å². The van der Waals surface area contributed by atoms with Gasteiger partial charge in [-0.15, -0.1) is 0 Å². The standard InChI is InChI=1S/C68H78BN3/c1-43-36-44(2)62-53(37-43)67(15)34-20-21-35-68(67,16)72(62)51-30-31-54-58(42-51)70(50-28-24-46(25-29-50)63(3,4)5)59-40-49(66(12,13)14)41-60-61(59)69(54)55-39-48(65(9,10)11)27-33-57(55)71(60)56-32-26-47(64(6,7)8)38-52(56)45-22-18-17-19-23-45/h17-19,22-33,36-42H,20-21,34-35H2,1-16H3. The van der Waals surface area contributed by atoms with Gasteiger partial charge in [-0.3, -0.25) is 0 Å². The number of hydrogen-bond donors (Lipinski definition) is 0. The Balaban J connectivity index is 1.25. The fourth-order valence-corrected chi connectivity index (χ4v) is 13.3. The van der Waals surface area contributed by atoms with E-state index in [9.17, 15) is 0 Å². The molecule has 368 valence electrons. The average molecular weight is 948 g/mol. The normalized spacial score (nSPS) is 19.4. The van der Waals surface area contributed by atoms with Gasteiger partial charge in [-0.25, -0.2) is 0 Å². The van der Waals surface area contributed by atoms with E-state index in [0.29, 0.717) is 0 Å². The van der Waals surface area contributed by atoms with E-state index in [1.54, 1.807) is 0 Å². The Hall–Kier alpha value is -6.00. The average Bonchev–Trinajstić information content (AvgIpc) is 3.53. The van der Waals surface area contributed by atoms with Crippen LogP contribution in [0.1, 0.15) is 162 Å². The molecule has 7 aromatic rings. The van der Waals surface area contributed by atoms with Crippen LogP contribution < -0.4 is 31.1 Å². The minimum atomic E-state index is -0.139. The van der Waals surface area contributed by atoms with Crippen LogP contribution in [0.5, 0.6) is 0 Å². The van der Waals surface area contributed by atoms with E-state index in [1.165, 1.54) is 131 Å². The van der Waals surface area contributed by atoms with Gasteiger partial charge in [0.2, 0.25) is 0 Å². The number of hydrogen-bond acceptors (Lipinski definition) is 3. The Morgan fingerprint density at radius 3 is 1.67 bits per heavy atom. The van der Waals surface area contributed by atoms with Crippen LogP contribution in [0.2, 0.25) is 0 Å². The minimum Gasteiger partial charge on any atom is -0.334 e. The Morgan fingerprint density at radius 2 is 1.03 bits per heavy atom. The van der Waals surface area contributed by atoms with Crippen molar-refractivity contribution in [3.05, 3.63) is 172 Å². The van der Waals surface area contributed by atoms with Gasteiger partial charge in [-0.1, -0.05) is 187 Å². The topological polar surface area (TPSA) is 9.72 Å². The zero-order chi connectivity index (χ0) is 51.2. The summed E-state index contributed by atoms with van der Waals surface area (Å²) in [7, 11) is 0. The van der Waals surface area contributed by atoms with Gasteiger partial charge in [0.15, 0.2) is 0 Å². The molecule has 1 saturated carbocycles. The Morgan fingerprint density at radius 1 is 0.458 bits per heavy atom. The summed E-state index contributed by atoms with van der Waals surface area (Å²) in [6.45, 7) is 38.0. The zero-order valence-corrected chi connectivity index (χ0v) is 46.4. The number of anilines is 8. The highest BCUT2D eigenvalue weighted by Gasteiger charge is 2.58. The number of rotatable bonds is 4. The molecule has 0 N–H and O–H groups in total. The summed E-state index contributed by atoms with van der Waals surface area (Å²) >= 11 is 0. The van der Waals surface area contributed by atoms with Crippen LogP contribution >= 0.6 is 0 Å². The molecule has 0 radical (unpaired) electrons. The summed E-state index contributed by atoms with van der Waals surface area (Å²) in [4.78, 5) is 8.12. The van der Waals surface area contributed by atoms with Crippen LogP contribution in [0.25, 0.3) is 11.1 Å². The summed E-state index contributed by atoms with van der Waals surface area (Å²) in [6, 6.07) is 53.1. The fraction of sp³-hybridized carbons (Fsp3) is 0.382. The first kappa shape index (κ1) is 48.3. The first-order valence-corrected chi connectivity index (χ1v) is 27.1. The molecule has 3 heterocycles. The molecule has 4 heteroatoms. The highest BCUT2D eigenvalue weighted by molar-refractivity contribution is 7.00. The number of nitrogens with zero attached hydrogens (tertiary/aromatic N) is 3. The van der Waals surface area contributed by atoms with E-state index < -0.39 is 0 Å². The lowest BCUT2D eigenvalue weighted by Gasteiger charge is -2.51. The van der Waals surface area contributed by atoms with Crippen LogP contribution in [0.4, 0.5) is 45.5 Å². The second-order valence-corrected chi connectivity index (χ2v) is 26.8. The molecule has 2 unspecified atom stereocenters. The molecule has 0 amide bonds. The van der Waals surface area contributed by atoms with Crippen LogP contribution in [0.3, 0.4) is 0 Å². The highest BCUT2D eigenvalue weighted by Crippen LogP contribution is 2.62. The van der Waals surface area contributed by atoms with Crippen LogP contribution in [-0.2, 0) is 27.1 Å². The van der Waals surface area contributed by atoms with E-state index in [-0.39, 0.29) is 39.3 Å². The molecule has 0 bridgehead atoms. The first-order chi connectivity index (χ1) is 33.8. The van der Waals surface area contributed by atoms with Gasteiger partial charge in [0.1, 0.15) is 0 Å². The molecule has 3 nitrogen and oxygen atoms in total. The molecule has 0 aromatic heterocycles. The maximum Gasteiger partial charge on any atom is 0.252 e. The summed E-state index contributed by atoms with van der Waals surface area (Å²) < 4.78 is 0. The predicted molar refractivity (Wildman–Crippen MR) is 313 cm³/mol. The first-order valence-electron chi connectivity index (χ1n) is 27.1. The maximum atomic E-state index is 2.81. The molecule has 11 rings (SSSR count). The molecular weight excluding hydrogens is 870 g/mol. The Labute approximate surface area is 433 Å². The van der Waals surface area contributed by atoms with Crippen molar-refractivity contribution >= 4 is 68.6 Å². The molecule has 72 heavy (non-hydrogen) atoms. The molecule has 2 atom stereocenters. The quantitative estimate of drug-likeness (QED) is 0.163. The largest absolute Gasteiger partial charge is 0.334 e. The van der Waals surface area contributed by atoms with E-state index in [2.05, 4.69) is 259 Å². The lowest BCUT2D eigenvalue weighted by Crippen LogP contribution is -2.61. The van der Waals surface area contributed by atoms with Crippen molar-refractivity contribution in [3.63, 3.8) is 0 Å². The Kier molecular flexibility index (Phi) is 10.9. The van der Waals surface area contributed by atoms with E-state index in [4.69, 9.17) is 0 Å². The molecule has 1 aliphatic carbocycles. The van der Waals surface area contributed by atoms with E-state index in [0.717, 1.165) is 6.42 Å². The number of fused-ring (bicyclic) bond motifs is 7. The molecule has 3 aliphatic heterocycles. The van der Waals surface area contributed by atoms with Crippen LogP contribution in [-0.4, -0.2) is 12.3 Å². The van der Waals surface area contributed by atoms with Crippen molar-refractivity contribution < 1.29 is 0 Å². The smallest absolute Gasteiger partial charge is 0.252 e. The molecule has 1 fully saturated rings. The number of aryl methyl sites for hydroxylation is 2. The van der Waals surface area contributed by atoms with E-state index in [1.807, 2.05) is 0 Å².